The average molecular weight is 289 g/mol. The van der Waals surface area contributed by atoms with E-state index in [1.165, 1.54) is 12.1 Å². The number of esters is 1. The van der Waals surface area contributed by atoms with Crippen molar-refractivity contribution in [3.05, 3.63) is 35.3 Å². The van der Waals surface area contributed by atoms with Gasteiger partial charge in [-0.1, -0.05) is 0 Å². The molecule has 110 valence electrons. The van der Waals surface area contributed by atoms with E-state index in [0.29, 0.717) is 4.73 Å². The quantitative estimate of drug-likeness (QED) is 0.476. The number of pyridine rings is 1. The standard InChI is InChI=1S/C14H15N3O4/c1-14(9-15,11-2-3-11)16-12(18)8-21-13(19)10-4-6-17(20)7-5-10/h4-7,11H,2-3,8H2,1H3,(H,16,18)/t14-/m0/s1. The summed E-state index contributed by atoms with van der Waals surface area (Å²) in [6.45, 7) is 1.20. The molecule has 0 spiro atoms. The van der Waals surface area contributed by atoms with Crippen LogP contribution >= 0.6 is 0 Å². The van der Waals surface area contributed by atoms with Crippen molar-refractivity contribution >= 4 is 11.9 Å². The van der Waals surface area contributed by atoms with Crippen LogP contribution in [0.1, 0.15) is 30.1 Å². The Kier molecular flexibility index (Phi) is 4.08. The first kappa shape index (κ1) is 14.8. The highest BCUT2D eigenvalue weighted by Gasteiger charge is 2.43. The minimum Gasteiger partial charge on any atom is -0.619 e. The molecule has 0 aliphatic heterocycles. The molecule has 7 nitrogen and oxygen atoms in total. The number of carbonyl (C=O) groups excluding carboxylic acids is 2. The summed E-state index contributed by atoms with van der Waals surface area (Å²) in [6, 6.07) is 4.69. The Morgan fingerprint density at radius 1 is 1.52 bits per heavy atom. The van der Waals surface area contributed by atoms with E-state index < -0.39 is 24.0 Å². The maximum Gasteiger partial charge on any atom is 0.339 e. The molecule has 1 aromatic heterocycles. The molecule has 1 atom stereocenters. The van der Waals surface area contributed by atoms with Crippen molar-refractivity contribution in [3.63, 3.8) is 0 Å². The summed E-state index contributed by atoms with van der Waals surface area (Å²) in [5.74, 6) is -1.06. The van der Waals surface area contributed by atoms with Gasteiger partial charge in [-0.2, -0.15) is 9.99 Å². The van der Waals surface area contributed by atoms with Gasteiger partial charge < -0.3 is 15.3 Å². The second-order valence-electron chi connectivity index (χ2n) is 5.16. The van der Waals surface area contributed by atoms with Crippen LogP contribution in [0.25, 0.3) is 0 Å². The summed E-state index contributed by atoms with van der Waals surface area (Å²) in [5, 5.41) is 22.6. The lowest BCUT2D eigenvalue weighted by Gasteiger charge is -2.22. The fourth-order valence-electron chi connectivity index (χ4n) is 1.97. The van der Waals surface area contributed by atoms with Gasteiger partial charge in [0.05, 0.1) is 11.6 Å². The van der Waals surface area contributed by atoms with Crippen molar-refractivity contribution in [2.45, 2.75) is 25.3 Å². The van der Waals surface area contributed by atoms with E-state index >= 15 is 0 Å². The van der Waals surface area contributed by atoms with E-state index in [1.54, 1.807) is 6.92 Å². The molecule has 1 aromatic rings. The SMILES string of the molecule is C[C@@](C#N)(NC(=O)COC(=O)c1cc[n+]([O-])cc1)C1CC1. The Bertz CT molecular complexity index is 589. The van der Waals surface area contributed by atoms with E-state index in [-0.39, 0.29) is 11.5 Å². The van der Waals surface area contributed by atoms with E-state index in [2.05, 4.69) is 11.4 Å². The van der Waals surface area contributed by atoms with E-state index in [1.807, 2.05) is 0 Å². The predicted octanol–water partition coefficient (Wildman–Crippen LogP) is 0.285. The van der Waals surface area contributed by atoms with Crippen molar-refractivity contribution in [2.75, 3.05) is 6.61 Å². The van der Waals surface area contributed by atoms with E-state index in [9.17, 15) is 14.8 Å². The third-order valence-electron chi connectivity index (χ3n) is 3.40. The number of nitrogens with one attached hydrogen (secondary N) is 1. The van der Waals surface area contributed by atoms with Gasteiger partial charge in [-0.3, -0.25) is 4.79 Å². The molecule has 1 saturated carbocycles. The van der Waals surface area contributed by atoms with E-state index in [4.69, 9.17) is 10.00 Å². The van der Waals surface area contributed by atoms with Crippen LogP contribution < -0.4 is 10.0 Å². The summed E-state index contributed by atoms with van der Waals surface area (Å²) < 4.78 is 5.39. The predicted molar refractivity (Wildman–Crippen MR) is 70.6 cm³/mol. The molecule has 1 aliphatic rings. The Morgan fingerprint density at radius 3 is 2.67 bits per heavy atom. The molecule has 0 bridgehead atoms. The number of amides is 1. The zero-order chi connectivity index (χ0) is 15.5. The van der Waals surface area contributed by atoms with E-state index in [0.717, 1.165) is 25.2 Å². The number of rotatable bonds is 5. The van der Waals surface area contributed by atoms with Crippen LogP contribution in [0.15, 0.2) is 24.5 Å². The van der Waals surface area contributed by atoms with Crippen molar-refractivity contribution in [1.29, 1.82) is 5.26 Å². The van der Waals surface area contributed by atoms with Gasteiger partial charge in [0.2, 0.25) is 0 Å². The van der Waals surface area contributed by atoms with Gasteiger partial charge in [0, 0.05) is 12.1 Å². The molecule has 1 fully saturated rings. The van der Waals surface area contributed by atoms with Crippen LogP contribution in [0.3, 0.4) is 0 Å². The minimum absolute atomic E-state index is 0.156. The maximum absolute atomic E-state index is 11.7. The Balaban J connectivity index is 1.85. The van der Waals surface area contributed by atoms with Crippen LogP contribution in [0.4, 0.5) is 0 Å². The molecule has 0 aromatic carbocycles. The molecule has 0 unspecified atom stereocenters. The molecule has 1 N–H and O–H groups in total. The number of aromatic nitrogens is 1. The third kappa shape index (κ3) is 3.69. The number of carbonyl (C=O) groups is 2. The Hall–Kier alpha value is -2.62. The molecule has 21 heavy (non-hydrogen) atoms. The number of nitrogens with zero attached hydrogens (tertiary/aromatic N) is 2. The largest absolute Gasteiger partial charge is 0.619 e. The lowest BCUT2D eigenvalue weighted by molar-refractivity contribution is -0.605. The number of nitriles is 1. The molecule has 1 aliphatic carbocycles. The summed E-state index contributed by atoms with van der Waals surface area (Å²) in [6.07, 6.45) is 4.14. The average Bonchev–Trinajstić information content (AvgIpc) is 3.30. The highest BCUT2D eigenvalue weighted by Crippen LogP contribution is 2.39. The molecule has 0 radical (unpaired) electrons. The highest BCUT2D eigenvalue weighted by atomic mass is 16.5. The Morgan fingerprint density at radius 2 is 2.14 bits per heavy atom. The summed E-state index contributed by atoms with van der Waals surface area (Å²) in [4.78, 5) is 23.4. The number of ether oxygens (including phenoxy) is 1. The maximum atomic E-state index is 11.7. The van der Waals surface area contributed by atoms with Gasteiger partial charge in [-0.25, -0.2) is 4.79 Å². The van der Waals surface area contributed by atoms with Gasteiger partial charge in [0.25, 0.3) is 5.91 Å². The minimum atomic E-state index is -0.912. The van der Waals surface area contributed by atoms with Crippen LogP contribution in [0.2, 0.25) is 0 Å². The smallest absolute Gasteiger partial charge is 0.339 e. The number of hydrogen-bond acceptors (Lipinski definition) is 5. The van der Waals surface area contributed by atoms with Crippen molar-refractivity contribution in [1.82, 2.24) is 5.32 Å². The summed E-state index contributed by atoms with van der Waals surface area (Å²) in [5.41, 5.74) is -0.732. The van der Waals surface area contributed by atoms with Gasteiger partial charge in [0.15, 0.2) is 19.0 Å². The van der Waals surface area contributed by atoms with Crippen molar-refractivity contribution < 1.29 is 19.1 Å². The molecule has 7 heteroatoms. The van der Waals surface area contributed by atoms with Crippen LogP contribution in [-0.4, -0.2) is 24.0 Å². The van der Waals surface area contributed by atoms with Crippen LogP contribution in [0, 0.1) is 22.5 Å². The summed E-state index contributed by atoms with van der Waals surface area (Å²) >= 11 is 0. The van der Waals surface area contributed by atoms with Gasteiger partial charge >= 0.3 is 5.97 Å². The topological polar surface area (TPSA) is 106 Å². The lowest BCUT2D eigenvalue weighted by Crippen LogP contribution is -2.48. The van der Waals surface area contributed by atoms with Crippen molar-refractivity contribution in [3.8, 4) is 6.07 Å². The zero-order valence-corrected chi connectivity index (χ0v) is 11.5. The fraction of sp³-hybridized carbons (Fsp3) is 0.429. The zero-order valence-electron chi connectivity index (χ0n) is 11.5. The first-order valence-electron chi connectivity index (χ1n) is 6.53. The van der Waals surface area contributed by atoms with Crippen molar-refractivity contribution in [2.24, 2.45) is 5.92 Å². The van der Waals surface area contributed by atoms with Crippen LogP contribution in [-0.2, 0) is 9.53 Å². The van der Waals surface area contributed by atoms with Crippen LogP contribution in [0.5, 0.6) is 0 Å². The molecule has 0 saturated heterocycles. The fourth-order valence-corrected chi connectivity index (χ4v) is 1.97. The monoisotopic (exact) mass is 289 g/mol. The molecular formula is C14H15N3O4. The van der Waals surface area contributed by atoms with Gasteiger partial charge in [0.1, 0.15) is 5.54 Å². The second-order valence-corrected chi connectivity index (χ2v) is 5.16. The first-order chi connectivity index (χ1) is 9.94. The third-order valence-corrected chi connectivity index (χ3v) is 3.40. The molecule has 1 heterocycles. The second kappa shape index (κ2) is 5.79. The van der Waals surface area contributed by atoms with Gasteiger partial charge in [-0.05, 0) is 25.7 Å². The molecular weight excluding hydrogens is 274 g/mol. The highest BCUT2D eigenvalue weighted by molar-refractivity contribution is 5.91. The number of hydrogen-bond donors (Lipinski definition) is 1. The molecule has 2 rings (SSSR count). The molecule has 1 amide bonds. The van der Waals surface area contributed by atoms with Gasteiger partial charge in [-0.15, -0.1) is 0 Å². The Labute approximate surface area is 121 Å². The normalized spacial score (nSPS) is 16.4. The summed E-state index contributed by atoms with van der Waals surface area (Å²) in [7, 11) is 0. The first-order valence-corrected chi connectivity index (χ1v) is 6.53. The lowest BCUT2D eigenvalue weighted by atomic mass is 9.98.